The normalized spacial score (nSPS) is 12.1. The lowest BCUT2D eigenvalue weighted by molar-refractivity contribution is -0.847. The average molecular weight is 404 g/mol. The third kappa shape index (κ3) is 11.3. The summed E-state index contributed by atoms with van der Waals surface area (Å²) >= 11 is 0. The van der Waals surface area contributed by atoms with Gasteiger partial charge in [-0.1, -0.05) is 67.2 Å². The smallest absolute Gasteiger partial charge is 0.300 e. The third-order valence-electron chi connectivity index (χ3n) is 5.20. The first-order valence-corrected chi connectivity index (χ1v) is 11.8. The molecule has 3 nitrogen and oxygen atoms in total. The van der Waals surface area contributed by atoms with Crippen LogP contribution in [0.2, 0.25) is 0 Å². The molecule has 0 saturated heterocycles. The quantitative estimate of drug-likeness (QED) is 0.167. The molecule has 0 aliphatic rings. The van der Waals surface area contributed by atoms with E-state index in [1.807, 2.05) is 0 Å². The standard InChI is InChI=1S/C23H50N3.ClH/c1-7-13-15-18-25(19-16-14-8-2)23(24-17-9-3)26(20-10-4,21-11-5)22-12-6;/h7-22H2,1-6H3;1H/q+1;/p-1. The molecule has 0 heterocycles. The van der Waals surface area contributed by atoms with Crippen molar-refractivity contribution in [2.45, 2.75) is 106 Å². The zero-order valence-corrected chi connectivity index (χ0v) is 20.3. The molecular weight excluding hydrogens is 354 g/mol. The molecule has 0 radical (unpaired) electrons. The number of aliphatic imine (C=N–C) groups is 1. The lowest BCUT2D eigenvalue weighted by atomic mass is 10.2. The van der Waals surface area contributed by atoms with Crippen LogP contribution in [0.25, 0.3) is 0 Å². The molecule has 0 N–H and O–H groups in total. The Hall–Kier alpha value is -0.280. The SMILES string of the molecule is CCCCCN(CCCCC)C(=NCCC)[N+](CCC)(CCC)CCC.[Cl-]. The molecular formula is C23H50ClN3. The number of halogens is 1. The van der Waals surface area contributed by atoms with E-state index in [0.717, 1.165) is 17.4 Å². The minimum atomic E-state index is 0. The van der Waals surface area contributed by atoms with E-state index in [0.29, 0.717) is 0 Å². The minimum absolute atomic E-state index is 0. The highest BCUT2D eigenvalue weighted by atomic mass is 35.5. The van der Waals surface area contributed by atoms with Crippen LogP contribution >= 0.6 is 0 Å². The molecule has 0 aromatic carbocycles. The number of nitrogens with zero attached hydrogens (tertiary/aromatic N) is 3. The Morgan fingerprint density at radius 1 is 0.630 bits per heavy atom. The fourth-order valence-electron chi connectivity index (χ4n) is 4.10. The van der Waals surface area contributed by atoms with Gasteiger partial charge in [-0.05, 0) is 38.5 Å². The molecule has 4 heteroatoms. The predicted molar refractivity (Wildman–Crippen MR) is 119 cm³/mol. The van der Waals surface area contributed by atoms with Gasteiger partial charge in [0.15, 0.2) is 0 Å². The second-order valence-electron chi connectivity index (χ2n) is 7.90. The number of hydrogen-bond donors (Lipinski definition) is 0. The van der Waals surface area contributed by atoms with Crippen LogP contribution < -0.4 is 12.4 Å². The second-order valence-corrected chi connectivity index (χ2v) is 7.90. The van der Waals surface area contributed by atoms with E-state index in [4.69, 9.17) is 4.99 Å². The van der Waals surface area contributed by atoms with Crippen molar-refractivity contribution in [1.29, 1.82) is 0 Å². The van der Waals surface area contributed by atoms with Crippen molar-refractivity contribution in [2.75, 3.05) is 39.3 Å². The fourth-order valence-corrected chi connectivity index (χ4v) is 4.10. The van der Waals surface area contributed by atoms with Gasteiger partial charge in [0.2, 0.25) is 0 Å². The summed E-state index contributed by atoms with van der Waals surface area (Å²) in [7, 11) is 0. The Kier molecular flexibility index (Phi) is 20.4. The van der Waals surface area contributed by atoms with Crippen LogP contribution in [0.3, 0.4) is 0 Å². The molecule has 0 amide bonds. The molecule has 0 aliphatic heterocycles. The lowest BCUT2D eigenvalue weighted by Crippen LogP contribution is -3.00. The molecule has 0 atom stereocenters. The van der Waals surface area contributed by atoms with E-state index in [-0.39, 0.29) is 12.4 Å². The predicted octanol–water partition coefficient (Wildman–Crippen LogP) is 3.49. The maximum atomic E-state index is 5.24. The van der Waals surface area contributed by atoms with Crippen LogP contribution in [-0.4, -0.2) is 54.6 Å². The summed E-state index contributed by atoms with van der Waals surface area (Å²) in [5, 5.41) is 0. The molecule has 0 aromatic rings. The Bertz CT molecular complexity index is 317. The minimum Gasteiger partial charge on any atom is -1.00 e. The molecule has 164 valence electrons. The summed E-state index contributed by atoms with van der Waals surface area (Å²) < 4.78 is 1.11. The van der Waals surface area contributed by atoms with E-state index in [1.54, 1.807) is 0 Å². The maximum absolute atomic E-state index is 5.24. The maximum Gasteiger partial charge on any atom is 0.300 e. The second kappa shape index (κ2) is 19.1. The van der Waals surface area contributed by atoms with E-state index in [2.05, 4.69) is 46.4 Å². The van der Waals surface area contributed by atoms with Gasteiger partial charge in [0, 0.05) is 19.6 Å². The summed E-state index contributed by atoms with van der Waals surface area (Å²) in [5.74, 6) is 1.42. The molecule has 0 fully saturated rings. The molecule has 0 spiro atoms. The summed E-state index contributed by atoms with van der Waals surface area (Å²) in [5.41, 5.74) is 0. The third-order valence-corrected chi connectivity index (χ3v) is 5.20. The molecule has 27 heavy (non-hydrogen) atoms. The van der Waals surface area contributed by atoms with Gasteiger partial charge in [-0.2, -0.15) is 0 Å². The van der Waals surface area contributed by atoms with Crippen LogP contribution in [0.4, 0.5) is 0 Å². The van der Waals surface area contributed by atoms with Gasteiger partial charge in [-0.15, -0.1) is 0 Å². The zero-order chi connectivity index (χ0) is 19.7. The van der Waals surface area contributed by atoms with Gasteiger partial charge in [-0.3, -0.25) is 4.48 Å². The van der Waals surface area contributed by atoms with Crippen LogP contribution in [0.15, 0.2) is 4.99 Å². The van der Waals surface area contributed by atoms with E-state index in [9.17, 15) is 0 Å². The van der Waals surface area contributed by atoms with E-state index >= 15 is 0 Å². The van der Waals surface area contributed by atoms with E-state index in [1.165, 1.54) is 96.5 Å². The first kappa shape index (κ1) is 28.9. The number of quaternary nitrogens is 1. The largest absolute Gasteiger partial charge is 1.00 e. The van der Waals surface area contributed by atoms with Crippen molar-refractivity contribution < 1.29 is 16.9 Å². The van der Waals surface area contributed by atoms with Crippen molar-refractivity contribution in [2.24, 2.45) is 4.99 Å². The first-order valence-electron chi connectivity index (χ1n) is 11.8. The zero-order valence-electron chi connectivity index (χ0n) is 19.5. The monoisotopic (exact) mass is 403 g/mol. The van der Waals surface area contributed by atoms with Crippen LogP contribution in [0, 0.1) is 0 Å². The number of rotatable bonds is 16. The Labute approximate surface area is 178 Å². The van der Waals surface area contributed by atoms with Crippen molar-refractivity contribution in [1.82, 2.24) is 4.90 Å². The van der Waals surface area contributed by atoms with Gasteiger partial charge >= 0.3 is 0 Å². The number of guanidine groups is 1. The Balaban J connectivity index is 0. The molecule has 0 rings (SSSR count). The van der Waals surface area contributed by atoms with Crippen molar-refractivity contribution in [3.63, 3.8) is 0 Å². The van der Waals surface area contributed by atoms with Crippen molar-refractivity contribution in [3.8, 4) is 0 Å². The highest BCUT2D eigenvalue weighted by molar-refractivity contribution is 5.73. The summed E-state index contributed by atoms with van der Waals surface area (Å²) in [6.45, 7) is 21.0. The van der Waals surface area contributed by atoms with Gasteiger partial charge in [0.05, 0.1) is 19.6 Å². The van der Waals surface area contributed by atoms with Crippen molar-refractivity contribution >= 4 is 5.96 Å². The van der Waals surface area contributed by atoms with Crippen molar-refractivity contribution in [3.05, 3.63) is 0 Å². The summed E-state index contributed by atoms with van der Waals surface area (Å²) in [4.78, 5) is 7.94. The first-order chi connectivity index (χ1) is 12.7. The highest BCUT2D eigenvalue weighted by Gasteiger charge is 2.35. The topological polar surface area (TPSA) is 15.6 Å². The fraction of sp³-hybridized carbons (Fsp3) is 0.957. The number of hydrogen-bond acceptors (Lipinski definition) is 1. The number of unbranched alkanes of at least 4 members (excludes halogenated alkanes) is 4. The van der Waals surface area contributed by atoms with Gasteiger partial charge in [0.25, 0.3) is 5.96 Å². The molecule has 0 aromatic heterocycles. The molecule has 0 bridgehead atoms. The van der Waals surface area contributed by atoms with Crippen LogP contribution in [0.5, 0.6) is 0 Å². The van der Waals surface area contributed by atoms with Gasteiger partial charge in [0.1, 0.15) is 0 Å². The molecule has 0 saturated carbocycles. The molecule has 0 aliphatic carbocycles. The Morgan fingerprint density at radius 3 is 1.41 bits per heavy atom. The van der Waals surface area contributed by atoms with Gasteiger partial charge < -0.3 is 17.3 Å². The summed E-state index contributed by atoms with van der Waals surface area (Å²) in [6, 6.07) is 0. The lowest BCUT2D eigenvalue weighted by Gasteiger charge is -2.42. The Morgan fingerprint density at radius 2 is 1.07 bits per heavy atom. The van der Waals surface area contributed by atoms with Gasteiger partial charge in [-0.25, -0.2) is 4.99 Å². The van der Waals surface area contributed by atoms with Crippen LogP contribution in [-0.2, 0) is 0 Å². The average Bonchev–Trinajstić information content (AvgIpc) is 2.62. The highest BCUT2D eigenvalue weighted by Crippen LogP contribution is 2.19. The molecule has 0 unspecified atom stereocenters. The van der Waals surface area contributed by atoms with Crippen LogP contribution in [0.1, 0.15) is 106 Å². The van der Waals surface area contributed by atoms with E-state index < -0.39 is 0 Å². The summed E-state index contributed by atoms with van der Waals surface area (Å²) in [6.07, 6.45) is 12.7.